The molecule has 104 valence electrons. The second-order valence-corrected chi connectivity index (χ2v) is 5.13. The first-order valence-corrected chi connectivity index (χ1v) is 6.48. The number of carboxylic acid groups (broad SMARTS) is 1. The van der Waals surface area contributed by atoms with Gasteiger partial charge in [-0.3, -0.25) is 9.59 Å². The molecule has 5 heteroatoms. The molecular weight excluding hydrogens is 234 g/mol. The summed E-state index contributed by atoms with van der Waals surface area (Å²) in [5.41, 5.74) is -0.837. The molecule has 18 heavy (non-hydrogen) atoms. The predicted molar refractivity (Wildman–Crippen MR) is 67.3 cm³/mol. The Morgan fingerprint density at radius 2 is 1.89 bits per heavy atom. The van der Waals surface area contributed by atoms with Crippen LogP contribution in [0.15, 0.2) is 0 Å². The third kappa shape index (κ3) is 3.70. The first kappa shape index (κ1) is 15.0. The highest BCUT2D eigenvalue weighted by Gasteiger charge is 2.41. The molecule has 0 atom stereocenters. The topological polar surface area (TPSA) is 66.8 Å². The number of carbonyl (C=O) groups is 2. The molecule has 1 rings (SSSR count). The van der Waals surface area contributed by atoms with Gasteiger partial charge in [0.2, 0.25) is 5.91 Å². The molecule has 0 radical (unpaired) electrons. The van der Waals surface area contributed by atoms with Gasteiger partial charge in [0.25, 0.3) is 0 Å². The highest BCUT2D eigenvalue weighted by Crippen LogP contribution is 2.39. The summed E-state index contributed by atoms with van der Waals surface area (Å²) in [4.78, 5) is 25.0. The van der Waals surface area contributed by atoms with Crippen molar-refractivity contribution in [1.82, 2.24) is 4.90 Å². The maximum Gasteiger partial charge on any atom is 0.310 e. The number of carbonyl (C=O) groups excluding carboxylic acids is 1. The fourth-order valence-electron chi connectivity index (χ4n) is 2.47. The quantitative estimate of drug-likeness (QED) is 0.783. The summed E-state index contributed by atoms with van der Waals surface area (Å²) >= 11 is 0. The lowest BCUT2D eigenvalue weighted by Gasteiger charge is -2.33. The summed E-state index contributed by atoms with van der Waals surface area (Å²) in [5, 5.41) is 9.40. The zero-order valence-corrected chi connectivity index (χ0v) is 11.3. The van der Waals surface area contributed by atoms with Crippen molar-refractivity contribution in [2.24, 2.45) is 5.41 Å². The smallest absolute Gasteiger partial charge is 0.310 e. The summed E-state index contributed by atoms with van der Waals surface area (Å²) in [6.45, 7) is 0.980. The van der Waals surface area contributed by atoms with Crippen molar-refractivity contribution in [3.8, 4) is 0 Å². The van der Waals surface area contributed by atoms with E-state index in [9.17, 15) is 14.7 Å². The summed E-state index contributed by atoms with van der Waals surface area (Å²) in [5.74, 6) is -0.924. The maximum atomic E-state index is 12.0. The normalized spacial score (nSPS) is 18.3. The first-order valence-electron chi connectivity index (χ1n) is 6.48. The maximum absolute atomic E-state index is 12.0. The Balaban J connectivity index is 2.60. The van der Waals surface area contributed by atoms with Gasteiger partial charge in [-0.1, -0.05) is 19.3 Å². The predicted octanol–water partition coefficient (Wildman–Crippen LogP) is 1.52. The van der Waals surface area contributed by atoms with E-state index in [1.807, 2.05) is 0 Å². The van der Waals surface area contributed by atoms with Crippen LogP contribution in [0.4, 0.5) is 0 Å². The molecule has 0 bridgehead atoms. The number of ether oxygens (including phenoxy) is 1. The van der Waals surface area contributed by atoms with Crippen LogP contribution in [0, 0.1) is 5.41 Å². The van der Waals surface area contributed by atoms with Gasteiger partial charge in [0.15, 0.2) is 0 Å². The summed E-state index contributed by atoms with van der Waals surface area (Å²) in [6, 6.07) is 0. The van der Waals surface area contributed by atoms with Gasteiger partial charge in [-0.25, -0.2) is 0 Å². The number of methoxy groups -OCH3 is 1. The van der Waals surface area contributed by atoms with Crippen LogP contribution in [-0.2, 0) is 14.3 Å². The van der Waals surface area contributed by atoms with E-state index in [2.05, 4.69) is 0 Å². The molecule has 0 spiro atoms. The van der Waals surface area contributed by atoms with Crippen LogP contribution in [0.1, 0.15) is 38.5 Å². The fraction of sp³-hybridized carbons (Fsp3) is 0.846. The molecule has 0 aliphatic heterocycles. The van der Waals surface area contributed by atoms with Crippen LogP contribution in [0.3, 0.4) is 0 Å². The minimum atomic E-state index is -0.837. The molecule has 1 fully saturated rings. The minimum absolute atomic E-state index is 0.101. The third-order valence-electron chi connectivity index (χ3n) is 3.81. The van der Waals surface area contributed by atoms with E-state index in [0.29, 0.717) is 26.0 Å². The largest absolute Gasteiger partial charge is 0.481 e. The average Bonchev–Trinajstić information content (AvgIpc) is 2.36. The Hall–Kier alpha value is -1.10. The molecule has 1 amide bonds. The van der Waals surface area contributed by atoms with E-state index in [-0.39, 0.29) is 12.3 Å². The van der Waals surface area contributed by atoms with Crippen molar-refractivity contribution in [3.63, 3.8) is 0 Å². The van der Waals surface area contributed by atoms with E-state index >= 15 is 0 Å². The van der Waals surface area contributed by atoms with E-state index in [0.717, 1.165) is 19.3 Å². The second-order valence-electron chi connectivity index (χ2n) is 5.13. The van der Waals surface area contributed by atoms with Crippen molar-refractivity contribution >= 4 is 11.9 Å². The number of likely N-dealkylation sites (N-methyl/N-ethyl adjacent to an activating group) is 1. The van der Waals surface area contributed by atoms with Crippen LogP contribution >= 0.6 is 0 Å². The molecule has 0 unspecified atom stereocenters. The van der Waals surface area contributed by atoms with Crippen LogP contribution in [0.25, 0.3) is 0 Å². The average molecular weight is 257 g/mol. The van der Waals surface area contributed by atoms with Gasteiger partial charge in [0.05, 0.1) is 12.0 Å². The van der Waals surface area contributed by atoms with Crippen LogP contribution < -0.4 is 0 Å². The molecule has 5 nitrogen and oxygen atoms in total. The Morgan fingerprint density at radius 3 is 2.39 bits per heavy atom. The first-order chi connectivity index (χ1) is 8.52. The van der Waals surface area contributed by atoms with Gasteiger partial charge in [0.1, 0.15) is 0 Å². The molecule has 0 aromatic rings. The van der Waals surface area contributed by atoms with Gasteiger partial charge >= 0.3 is 5.97 Å². The van der Waals surface area contributed by atoms with E-state index in [1.165, 1.54) is 0 Å². The number of nitrogens with zero attached hydrogens (tertiary/aromatic N) is 1. The summed E-state index contributed by atoms with van der Waals surface area (Å²) < 4.78 is 4.92. The van der Waals surface area contributed by atoms with Gasteiger partial charge in [-0.05, 0) is 12.8 Å². The monoisotopic (exact) mass is 257 g/mol. The lowest BCUT2D eigenvalue weighted by Crippen LogP contribution is -2.40. The molecule has 1 N–H and O–H groups in total. The number of amides is 1. The van der Waals surface area contributed by atoms with Crippen LogP contribution in [0.2, 0.25) is 0 Å². The van der Waals surface area contributed by atoms with Gasteiger partial charge in [0, 0.05) is 27.1 Å². The van der Waals surface area contributed by atoms with E-state index in [4.69, 9.17) is 4.74 Å². The molecule has 0 aromatic heterocycles. The Labute approximate surface area is 108 Å². The minimum Gasteiger partial charge on any atom is -0.481 e. The van der Waals surface area contributed by atoms with Crippen LogP contribution in [0.5, 0.6) is 0 Å². The fourth-order valence-corrected chi connectivity index (χ4v) is 2.47. The SMILES string of the molecule is COCCN(C)C(=O)CC1(C(=O)O)CCCCC1. The number of carboxylic acids is 1. The number of hydrogen-bond donors (Lipinski definition) is 1. The van der Waals surface area contributed by atoms with E-state index < -0.39 is 11.4 Å². The summed E-state index contributed by atoms with van der Waals surface area (Å²) in [6.07, 6.45) is 4.23. The van der Waals surface area contributed by atoms with Gasteiger partial charge in [-0.15, -0.1) is 0 Å². The van der Waals surface area contributed by atoms with Crippen LogP contribution in [-0.4, -0.2) is 49.2 Å². The van der Waals surface area contributed by atoms with E-state index in [1.54, 1.807) is 19.1 Å². The Bertz CT molecular complexity index is 297. The van der Waals surface area contributed by atoms with Gasteiger partial charge in [-0.2, -0.15) is 0 Å². The molecule has 1 aliphatic rings. The molecule has 0 aromatic carbocycles. The van der Waals surface area contributed by atoms with Crippen molar-refractivity contribution < 1.29 is 19.4 Å². The highest BCUT2D eigenvalue weighted by atomic mass is 16.5. The second kappa shape index (κ2) is 6.73. The zero-order chi connectivity index (χ0) is 13.6. The lowest BCUT2D eigenvalue weighted by molar-refractivity contribution is -0.155. The number of aliphatic carboxylic acids is 1. The highest BCUT2D eigenvalue weighted by molar-refractivity contribution is 5.85. The van der Waals surface area contributed by atoms with Crippen molar-refractivity contribution in [2.75, 3.05) is 27.3 Å². The Kier molecular flexibility index (Phi) is 5.59. The summed E-state index contributed by atoms with van der Waals surface area (Å²) in [7, 11) is 3.28. The number of hydrogen-bond acceptors (Lipinski definition) is 3. The zero-order valence-electron chi connectivity index (χ0n) is 11.3. The standard InChI is InChI=1S/C13H23NO4/c1-14(8-9-18-2)11(15)10-13(12(16)17)6-4-3-5-7-13/h3-10H2,1-2H3,(H,16,17). The third-order valence-corrected chi connectivity index (χ3v) is 3.81. The van der Waals surface area contributed by atoms with Crippen molar-refractivity contribution in [3.05, 3.63) is 0 Å². The molecule has 1 saturated carbocycles. The number of rotatable bonds is 6. The molecule has 0 heterocycles. The Morgan fingerprint density at radius 1 is 1.28 bits per heavy atom. The lowest BCUT2D eigenvalue weighted by atomic mass is 9.71. The van der Waals surface area contributed by atoms with Crippen molar-refractivity contribution in [1.29, 1.82) is 0 Å². The molecular formula is C13H23NO4. The molecule has 0 saturated heterocycles. The van der Waals surface area contributed by atoms with Crippen molar-refractivity contribution in [2.45, 2.75) is 38.5 Å². The van der Waals surface area contributed by atoms with Gasteiger partial charge < -0.3 is 14.7 Å². The molecule has 1 aliphatic carbocycles.